The van der Waals surface area contributed by atoms with Gasteiger partial charge in [0.05, 0.1) is 24.6 Å². The molecular formula is C20H24N2O5S. The molecule has 8 heteroatoms. The molecule has 0 saturated carbocycles. The molecule has 0 radical (unpaired) electrons. The number of esters is 1. The Balaban J connectivity index is 2.33. The fraction of sp³-hybridized carbons (Fsp3) is 0.300. The zero-order valence-corrected chi connectivity index (χ0v) is 17.3. The first-order valence-electron chi connectivity index (χ1n) is 8.60. The Kier molecular flexibility index (Phi) is 6.45. The lowest BCUT2D eigenvalue weighted by Crippen LogP contribution is -2.45. The Bertz CT molecular complexity index is 981. The van der Waals surface area contributed by atoms with Gasteiger partial charge in [-0.1, -0.05) is 12.1 Å². The Labute approximate surface area is 165 Å². The maximum Gasteiger partial charge on any atom is 0.337 e. The topological polar surface area (TPSA) is 92.8 Å². The Morgan fingerprint density at radius 1 is 1.07 bits per heavy atom. The second-order valence-electron chi connectivity index (χ2n) is 6.64. The van der Waals surface area contributed by atoms with Crippen LogP contribution in [0.1, 0.15) is 28.4 Å². The second kappa shape index (κ2) is 8.43. The van der Waals surface area contributed by atoms with Gasteiger partial charge in [0.1, 0.15) is 6.04 Å². The predicted octanol–water partition coefficient (Wildman–Crippen LogP) is 2.88. The Morgan fingerprint density at radius 3 is 2.21 bits per heavy atom. The summed E-state index contributed by atoms with van der Waals surface area (Å²) in [5, 5.41) is 2.66. The maximum absolute atomic E-state index is 12.8. The zero-order chi connectivity index (χ0) is 21.1. The molecule has 0 aliphatic carbocycles. The van der Waals surface area contributed by atoms with Crippen molar-refractivity contribution in [3.63, 3.8) is 0 Å². The zero-order valence-electron chi connectivity index (χ0n) is 16.5. The van der Waals surface area contributed by atoms with Crippen LogP contribution in [0.5, 0.6) is 0 Å². The monoisotopic (exact) mass is 404 g/mol. The smallest absolute Gasteiger partial charge is 0.337 e. The van der Waals surface area contributed by atoms with Gasteiger partial charge in [0.15, 0.2) is 0 Å². The number of aryl methyl sites for hydroxylation is 2. The van der Waals surface area contributed by atoms with Gasteiger partial charge in [-0.2, -0.15) is 0 Å². The average molecular weight is 404 g/mol. The van der Waals surface area contributed by atoms with E-state index in [0.717, 1.165) is 21.7 Å². The van der Waals surface area contributed by atoms with Crippen molar-refractivity contribution in [2.75, 3.05) is 23.0 Å². The molecule has 2 aromatic rings. The van der Waals surface area contributed by atoms with Gasteiger partial charge >= 0.3 is 5.97 Å². The highest BCUT2D eigenvalue weighted by molar-refractivity contribution is 7.92. The van der Waals surface area contributed by atoms with Crippen molar-refractivity contribution in [1.82, 2.24) is 0 Å². The van der Waals surface area contributed by atoms with E-state index in [1.807, 2.05) is 19.9 Å². The number of hydrogen-bond acceptors (Lipinski definition) is 5. The molecule has 2 aromatic carbocycles. The normalized spacial score (nSPS) is 12.2. The summed E-state index contributed by atoms with van der Waals surface area (Å²) in [6, 6.07) is 10.6. The summed E-state index contributed by atoms with van der Waals surface area (Å²) in [4.78, 5) is 24.4. The number of nitrogens with one attached hydrogen (secondary N) is 1. The third-order valence-corrected chi connectivity index (χ3v) is 5.34. The standard InChI is InChI=1S/C20H24N2O5S/c1-13-9-14(2)11-18(10-13)22(28(5,25)26)15(3)19(23)21-17-8-6-7-16(12-17)20(24)27-4/h6-12,15H,1-5H3,(H,21,23). The van der Waals surface area contributed by atoms with Gasteiger partial charge in [0, 0.05) is 5.69 Å². The SMILES string of the molecule is COC(=O)c1cccc(NC(=O)C(C)N(c2cc(C)cc(C)c2)S(C)(=O)=O)c1. The molecule has 0 saturated heterocycles. The number of hydrogen-bond donors (Lipinski definition) is 1. The van der Waals surface area contributed by atoms with Gasteiger partial charge in [0.2, 0.25) is 15.9 Å². The molecule has 0 heterocycles. The number of carbonyl (C=O) groups is 2. The highest BCUT2D eigenvalue weighted by atomic mass is 32.2. The molecule has 0 aliphatic rings. The highest BCUT2D eigenvalue weighted by Crippen LogP contribution is 2.24. The summed E-state index contributed by atoms with van der Waals surface area (Å²) < 4.78 is 30.6. The number of amides is 1. The first kappa shape index (κ1) is 21.4. The lowest BCUT2D eigenvalue weighted by atomic mass is 10.1. The van der Waals surface area contributed by atoms with Crippen LogP contribution in [0.25, 0.3) is 0 Å². The molecule has 0 spiro atoms. The lowest BCUT2D eigenvalue weighted by molar-refractivity contribution is -0.116. The molecular weight excluding hydrogens is 380 g/mol. The van der Waals surface area contributed by atoms with E-state index in [1.165, 1.54) is 20.1 Å². The van der Waals surface area contributed by atoms with Gasteiger partial charge < -0.3 is 10.1 Å². The molecule has 1 amide bonds. The van der Waals surface area contributed by atoms with Crippen molar-refractivity contribution in [2.24, 2.45) is 0 Å². The number of methoxy groups -OCH3 is 1. The van der Waals surface area contributed by atoms with Crippen LogP contribution in [0.4, 0.5) is 11.4 Å². The summed E-state index contributed by atoms with van der Waals surface area (Å²) >= 11 is 0. The van der Waals surface area contributed by atoms with Crippen LogP contribution < -0.4 is 9.62 Å². The maximum atomic E-state index is 12.8. The quantitative estimate of drug-likeness (QED) is 0.748. The number of anilines is 2. The van der Waals surface area contributed by atoms with Crippen LogP contribution in [0.3, 0.4) is 0 Å². The second-order valence-corrected chi connectivity index (χ2v) is 8.50. The van der Waals surface area contributed by atoms with E-state index in [4.69, 9.17) is 0 Å². The lowest BCUT2D eigenvalue weighted by Gasteiger charge is -2.28. The summed E-state index contributed by atoms with van der Waals surface area (Å²) in [5.41, 5.74) is 2.85. The molecule has 150 valence electrons. The Morgan fingerprint density at radius 2 is 1.68 bits per heavy atom. The van der Waals surface area contributed by atoms with Crippen molar-refractivity contribution in [3.05, 3.63) is 59.2 Å². The van der Waals surface area contributed by atoms with E-state index < -0.39 is 27.9 Å². The number of nitrogens with zero attached hydrogens (tertiary/aromatic N) is 1. The number of ether oxygens (including phenoxy) is 1. The molecule has 0 aliphatic heterocycles. The minimum absolute atomic E-state index is 0.280. The van der Waals surface area contributed by atoms with Crippen LogP contribution in [0.2, 0.25) is 0 Å². The van der Waals surface area contributed by atoms with Crippen LogP contribution in [0, 0.1) is 13.8 Å². The molecule has 1 unspecified atom stereocenters. The van der Waals surface area contributed by atoms with Crippen LogP contribution in [0.15, 0.2) is 42.5 Å². The van der Waals surface area contributed by atoms with E-state index in [2.05, 4.69) is 10.1 Å². The minimum Gasteiger partial charge on any atom is -0.465 e. The summed E-state index contributed by atoms with van der Waals surface area (Å²) in [6.45, 7) is 5.23. The number of sulfonamides is 1. The van der Waals surface area contributed by atoms with Crippen LogP contribution in [-0.4, -0.2) is 39.7 Å². The van der Waals surface area contributed by atoms with Crippen LogP contribution in [-0.2, 0) is 19.6 Å². The van der Waals surface area contributed by atoms with Gasteiger partial charge in [-0.3, -0.25) is 9.10 Å². The average Bonchev–Trinajstić information content (AvgIpc) is 2.59. The molecule has 1 N–H and O–H groups in total. The van der Waals surface area contributed by atoms with E-state index in [0.29, 0.717) is 11.4 Å². The predicted molar refractivity (Wildman–Crippen MR) is 109 cm³/mol. The number of rotatable bonds is 6. The highest BCUT2D eigenvalue weighted by Gasteiger charge is 2.29. The molecule has 7 nitrogen and oxygen atoms in total. The summed E-state index contributed by atoms with van der Waals surface area (Å²) in [5.74, 6) is -1.05. The largest absolute Gasteiger partial charge is 0.465 e. The fourth-order valence-electron chi connectivity index (χ4n) is 2.98. The first-order chi connectivity index (χ1) is 13.0. The third kappa shape index (κ3) is 5.10. The molecule has 0 aromatic heterocycles. The number of carbonyl (C=O) groups excluding carboxylic acids is 2. The van der Waals surface area contributed by atoms with E-state index in [9.17, 15) is 18.0 Å². The van der Waals surface area contributed by atoms with Crippen molar-refractivity contribution in [2.45, 2.75) is 26.8 Å². The first-order valence-corrected chi connectivity index (χ1v) is 10.4. The van der Waals surface area contributed by atoms with E-state index in [-0.39, 0.29) is 5.56 Å². The van der Waals surface area contributed by atoms with Gasteiger partial charge in [0.25, 0.3) is 0 Å². The fourth-order valence-corrected chi connectivity index (χ4v) is 4.13. The Hall–Kier alpha value is -2.87. The molecule has 1 atom stereocenters. The molecule has 2 rings (SSSR count). The molecule has 0 fully saturated rings. The van der Waals surface area contributed by atoms with Gasteiger partial charge in [-0.05, 0) is 62.2 Å². The third-order valence-electron chi connectivity index (χ3n) is 4.10. The van der Waals surface area contributed by atoms with Crippen molar-refractivity contribution in [3.8, 4) is 0 Å². The van der Waals surface area contributed by atoms with E-state index >= 15 is 0 Å². The molecule has 28 heavy (non-hydrogen) atoms. The van der Waals surface area contributed by atoms with Crippen molar-refractivity contribution < 1.29 is 22.7 Å². The van der Waals surface area contributed by atoms with Gasteiger partial charge in [-0.15, -0.1) is 0 Å². The van der Waals surface area contributed by atoms with Crippen LogP contribution >= 0.6 is 0 Å². The van der Waals surface area contributed by atoms with Crippen molar-refractivity contribution >= 4 is 33.3 Å². The molecule has 0 bridgehead atoms. The summed E-state index contributed by atoms with van der Waals surface area (Å²) in [7, 11) is -2.45. The number of benzene rings is 2. The van der Waals surface area contributed by atoms with E-state index in [1.54, 1.807) is 30.3 Å². The minimum atomic E-state index is -3.72. The van der Waals surface area contributed by atoms with Crippen molar-refractivity contribution in [1.29, 1.82) is 0 Å². The van der Waals surface area contributed by atoms with Gasteiger partial charge in [-0.25, -0.2) is 13.2 Å². The summed E-state index contributed by atoms with van der Waals surface area (Å²) in [6.07, 6.45) is 1.06.